The molecular formula is C21H19BrFNO4S. The molecule has 2 aromatic carbocycles. The first kappa shape index (κ1) is 20.1. The van der Waals surface area contributed by atoms with Crippen LogP contribution in [-0.4, -0.2) is 36.8 Å². The highest BCUT2D eigenvalue weighted by Crippen LogP contribution is 2.30. The number of aryl methyl sites for hydroxylation is 1. The number of hydrogen-bond acceptors (Lipinski definition) is 4. The van der Waals surface area contributed by atoms with Gasteiger partial charge in [0.1, 0.15) is 11.4 Å². The lowest BCUT2D eigenvalue weighted by molar-refractivity contribution is 0.0649. The molecule has 3 aromatic rings. The first-order chi connectivity index (χ1) is 13.7. The molecule has 0 radical (unpaired) electrons. The molecule has 8 heteroatoms. The molecule has 0 aliphatic carbocycles. The number of benzene rings is 2. The van der Waals surface area contributed by atoms with Crippen LogP contribution in [0.25, 0.3) is 11.0 Å². The number of nitrogens with zero attached hydrogens (tertiary/aromatic N) is 1. The van der Waals surface area contributed by atoms with Crippen molar-refractivity contribution in [1.29, 1.82) is 0 Å². The summed E-state index contributed by atoms with van der Waals surface area (Å²) < 4.78 is 44.4. The molecule has 0 unspecified atom stereocenters. The number of carbonyl (C=O) groups is 1. The van der Waals surface area contributed by atoms with Gasteiger partial charge in [-0.2, -0.15) is 0 Å². The maximum atomic E-state index is 13.7. The Labute approximate surface area is 176 Å². The summed E-state index contributed by atoms with van der Waals surface area (Å²) >= 11 is 3.39. The van der Waals surface area contributed by atoms with E-state index in [0.717, 1.165) is 9.86 Å². The van der Waals surface area contributed by atoms with Crippen LogP contribution < -0.4 is 0 Å². The number of hydrogen-bond donors (Lipinski definition) is 0. The predicted molar refractivity (Wildman–Crippen MR) is 112 cm³/mol. The molecule has 2 heterocycles. The van der Waals surface area contributed by atoms with Gasteiger partial charge in [-0.25, -0.2) is 12.8 Å². The standard InChI is InChI=1S/C21H19BrFNO4S/c1-13-18-6-5-15(22)10-19(18)28-20(13)21(25)24(17-7-8-29(26,27)12-17)11-14-3-2-4-16(23)9-14/h2-6,9-10,17H,7-8,11-12H2,1H3/t17-/m1/s1. The highest BCUT2D eigenvalue weighted by molar-refractivity contribution is 9.10. The smallest absolute Gasteiger partial charge is 0.290 e. The maximum Gasteiger partial charge on any atom is 0.290 e. The molecule has 152 valence electrons. The first-order valence-electron chi connectivity index (χ1n) is 9.18. The molecule has 29 heavy (non-hydrogen) atoms. The molecule has 0 spiro atoms. The molecule has 1 fully saturated rings. The summed E-state index contributed by atoms with van der Waals surface area (Å²) in [5.41, 5.74) is 1.87. The van der Waals surface area contributed by atoms with E-state index in [9.17, 15) is 17.6 Å². The average Bonchev–Trinajstić information content (AvgIpc) is 3.18. The molecule has 4 rings (SSSR count). The minimum absolute atomic E-state index is 0.0383. The molecular weight excluding hydrogens is 461 g/mol. The second-order valence-electron chi connectivity index (χ2n) is 7.32. The van der Waals surface area contributed by atoms with Crippen LogP contribution in [0.15, 0.2) is 51.4 Å². The molecule has 1 saturated heterocycles. The Hall–Kier alpha value is -2.19. The third-order valence-corrected chi connectivity index (χ3v) is 7.49. The fourth-order valence-electron chi connectivity index (χ4n) is 3.75. The van der Waals surface area contributed by atoms with Crippen LogP contribution in [0.4, 0.5) is 4.39 Å². The van der Waals surface area contributed by atoms with E-state index in [1.165, 1.54) is 17.0 Å². The fourth-order valence-corrected chi connectivity index (χ4v) is 5.82. The van der Waals surface area contributed by atoms with Gasteiger partial charge in [0.25, 0.3) is 5.91 Å². The Morgan fingerprint density at radius 1 is 1.28 bits per heavy atom. The Morgan fingerprint density at radius 3 is 2.76 bits per heavy atom. The van der Waals surface area contributed by atoms with Gasteiger partial charge in [-0.3, -0.25) is 4.79 Å². The Balaban J connectivity index is 1.74. The van der Waals surface area contributed by atoms with Crippen LogP contribution in [-0.2, 0) is 16.4 Å². The highest BCUT2D eigenvalue weighted by Gasteiger charge is 2.36. The SMILES string of the molecule is Cc1c(C(=O)N(Cc2cccc(F)c2)[C@@H]2CCS(=O)(=O)C2)oc2cc(Br)ccc12. The monoisotopic (exact) mass is 479 g/mol. The molecule has 5 nitrogen and oxygen atoms in total. The van der Waals surface area contributed by atoms with Crippen LogP contribution in [0, 0.1) is 12.7 Å². The number of furan rings is 1. The van der Waals surface area contributed by atoms with Gasteiger partial charge in [-0.1, -0.05) is 28.1 Å². The van der Waals surface area contributed by atoms with Crippen LogP contribution in [0.2, 0.25) is 0 Å². The quantitative estimate of drug-likeness (QED) is 0.553. The zero-order chi connectivity index (χ0) is 20.8. The van der Waals surface area contributed by atoms with Crippen molar-refractivity contribution in [3.05, 3.63) is 69.6 Å². The van der Waals surface area contributed by atoms with Gasteiger partial charge in [0, 0.05) is 28.0 Å². The van der Waals surface area contributed by atoms with Crippen molar-refractivity contribution in [2.24, 2.45) is 0 Å². The molecule has 1 aromatic heterocycles. The van der Waals surface area contributed by atoms with Crippen molar-refractivity contribution in [1.82, 2.24) is 4.90 Å². The van der Waals surface area contributed by atoms with E-state index in [-0.39, 0.29) is 29.7 Å². The molecule has 1 amide bonds. The van der Waals surface area contributed by atoms with Gasteiger partial charge in [-0.05, 0) is 49.2 Å². The van der Waals surface area contributed by atoms with Gasteiger partial charge < -0.3 is 9.32 Å². The van der Waals surface area contributed by atoms with Gasteiger partial charge in [0.15, 0.2) is 15.6 Å². The van der Waals surface area contributed by atoms with Crippen LogP contribution >= 0.6 is 15.9 Å². The Morgan fingerprint density at radius 2 is 2.07 bits per heavy atom. The van der Waals surface area contributed by atoms with Crippen LogP contribution in [0.1, 0.15) is 28.1 Å². The lowest BCUT2D eigenvalue weighted by atomic mass is 10.1. The first-order valence-corrected chi connectivity index (χ1v) is 11.8. The second-order valence-corrected chi connectivity index (χ2v) is 10.5. The second kappa shape index (κ2) is 7.57. The third kappa shape index (κ3) is 4.09. The summed E-state index contributed by atoms with van der Waals surface area (Å²) in [7, 11) is -3.20. The molecule has 1 aliphatic rings. The summed E-state index contributed by atoms with van der Waals surface area (Å²) in [5.74, 6) is -0.672. The van der Waals surface area contributed by atoms with Crippen molar-refractivity contribution in [3.8, 4) is 0 Å². The fraction of sp³-hybridized carbons (Fsp3) is 0.286. The lowest BCUT2D eigenvalue weighted by Gasteiger charge is -2.28. The molecule has 1 atom stereocenters. The Bertz CT molecular complexity index is 1200. The van der Waals surface area contributed by atoms with Crippen molar-refractivity contribution in [2.45, 2.75) is 25.9 Å². The van der Waals surface area contributed by atoms with E-state index in [4.69, 9.17) is 4.42 Å². The summed E-state index contributed by atoms with van der Waals surface area (Å²) in [6.07, 6.45) is 0.355. The van der Waals surface area contributed by atoms with E-state index in [2.05, 4.69) is 15.9 Å². The minimum Gasteiger partial charge on any atom is -0.451 e. The number of carbonyl (C=O) groups excluding carboxylic acids is 1. The summed E-state index contributed by atoms with van der Waals surface area (Å²) in [4.78, 5) is 14.9. The Kier molecular flexibility index (Phi) is 5.25. The predicted octanol–water partition coefficient (Wildman–Crippen LogP) is 4.47. The maximum absolute atomic E-state index is 13.7. The number of amides is 1. The molecule has 0 N–H and O–H groups in total. The largest absolute Gasteiger partial charge is 0.451 e. The van der Waals surface area contributed by atoms with E-state index in [1.54, 1.807) is 25.1 Å². The summed E-state index contributed by atoms with van der Waals surface area (Å²) in [6, 6.07) is 11.0. The van der Waals surface area contributed by atoms with Crippen molar-refractivity contribution < 1.29 is 22.0 Å². The normalized spacial score (nSPS) is 18.2. The van der Waals surface area contributed by atoms with Crippen molar-refractivity contribution >= 4 is 42.6 Å². The number of sulfone groups is 1. The third-order valence-electron chi connectivity index (χ3n) is 5.25. The van der Waals surface area contributed by atoms with Gasteiger partial charge >= 0.3 is 0 Å². The highest BCUT2D eigenvalue weighted by atomic mass is 79.9. The average molecular weight is 480 g/mol. The van der Waals surface area contributed by atoms with Gasteiger partial charge in [-0.15, -0.1) is 0 Å². The van der Waals surface area contributed by atoms with Crippen molar-refractivity contribution in [3.63, 3.8) is 0 Å². The number of halogens is 2. The summed E-state index contributed by atoms with van der Waals surface area (Å²) in [6.45, 7) is 1.91. The zero-order valence-corrected chi connectivity index (χ0v) is 18.1. The number of rotatable bonds is 4. The van der Waals surface area contributed by atoms with E-state index < -0.39 is 21.7 Å². The molecule has 1 aliphatic heterocycles. The summed E-state index contributed by atoms with van der Waals surface area (Å²) in [5, 5.41) is 0.821. The van der Waals surface area contributed by atoms with Crippen LogP contribution in [0.3, 0.4) is 0 Å². The lowest BCUT2D eigenvalue weighted by Crippen LogP contribution is -2.40. The molecule has 0 bridgehead atoms. The zero-order valence-electron chi connectivity index (χ0n) is 15.7. The minimum atomic E-state index is -3.20. The van der Waals surface area contributed by atoms with E-state index in [1.807, 2.05) is 12.1 Å². The van der Waals surface area contributed by atoms with Crippen LogP contribution in [0.5, 0.6) is 0 Å². The van der Waals surface area contributed by atoms with Gasteiger partial charge in [0.05, 0.1) is 11.5 Å². The van der Waals surface area contributed by atoms with E-state index >= 15 is 0 Å². The molecule has 0 saturated carbocycles. The van der Waals surface area contributed by atoms with Gasteiger partial charge in [0.2, 0.25) is 0 Å². The van der Waals surface area contributed by atoms with E-state index in [0.29, 0.717) is 23.1 Å². The topological polar surface area (TPSA) is 67.6 Å². The van der Waals surface area contributed by atoms with Crippen molar-refractivity contribution in [2.75, 3.05) is 11.5 Å². The number of fused-ring (bicyclic) bond motifs is 1.